The number of nitrogens with zero attached hydrogens (tertiary/aromatic N) is 2. The number of alkyl halides is 3. The first-order chi connectivity index (χ1) is 18.3. The Hall–Kier alpha value is -2.95. The van der Waals surface area contributed by atoms with E-state index >= 15 is 0 Å². The number of aromatic nitrogens is 3. The lowest BCUT2D eigenvalue weighted by Crippen LogP contribution is -2.36. The highest BCUT2D eigenvalue weighted by Crippen LogP contribution is 2.43. The Balaban J connectivity index is 1.68. The second kappa shape index (κ2) is 11.3. The number of fused-ring (bicyclic) bond motifs is 1. The Labute approximate surface area is 224 Å². The maximum absolute atomic E-state index is 14.0. The van der Waals surface area contributed by atoms with Crippen molar-refractivity contribution in [1.82, 2.24) is 20.3 Å². The minimum Gasteiger partial charge on any atom is -0.478 e. The van der Waals surface area contributed by atoms with Gasteiger partial charge < -0.3 is 31.0 Å². The summed E-state index contributed by atoms with van der Waals surface area (Å²) in [5.41, 5.74) is 4.41. The third kappa shape index (κ3) is 6.45. The highest BCUT2D eigenvalue weighted by molar-refractivity contribution is 7.70. The van der Waals surface area contributed by atoms with Gasteiger partial charge >= 0.3 is 12.1 Å². The largest absolute Gasteiger partial charge is 0.478 e. The summed E-state index contributed by atoms with van der Waals surface area (Å²) in [5.74, 6) is -1.19. The molecule has 0 amide bonds. The van der Waals surface area contributed by atoms with Gasteiger partial charge in [0.1, 0.15) is 12.7 Å². The molecule has 0 saturated heterocycles. The first-order valence-corrected chi connectivity index (χ1v) is 15.5. The first kappa shape index (κ1) is 29.0. The number of benzene rings is 1. The van der Waals surface area contributed by atoms with E-state index in [-0.39, 0.29) is 45.7 Å². The van der Waals surface area contributed by atoms with Crippen molar-refractivity contribution in [2.75, 3.05) is 25.2 Å². The lowest BCUT2D eigenvalue weighted by molar-refractivity contribution is -0.137. The predicted octanol–water partition coefficient (Wildman–Crippen LogP) is 4.64. The van der Waals surface area contributed by atoms with Gasteiger partial charge in [0.15, 0.2) is 0 Å². The number of carboxylic acid groups (broad SMARTS) is 1. The number of carboxylic acids is 1. The summed E-state index contributed by atoms with van der Waals surface area (Å²) in [5, 5.41) is 16.8. The molecule has 13 heteroatoms. The Morgan fingerprint density at radius 3 is 2.64 bits per heavy atom. The molecule has 6 N–H and O–H groups in total. The summed E-state index contributed by atoms with van der Waals surface area (Å²) in [6.45, 7) is 5.60. The molecule has 4 rings (SSSR count). The summed E-state index contributed by atoms with van der Waals surface area (Å²) in [4.78, 5) is 22.9. The maximum Gasteiger partial charge on any atom is 0.419 e. The van der Waals surface area contributed by atoms with E-state index in [0.717, 1.165) is 38.3 Å². The summed E-state index contributed by atoms with van der Waals surface area (Å²) < 4.78 is 55.1. The molecular formula is C26H34F3N6O3P. The number of aromatic carboxylic acids is 1. The van der Waals surface area contributed by atoms with Gasteiger partial charge in [-0.25, -0.2) is 14.8 Å². The number of hydrogen-bond acceptors (Lipinski definition) is 7. The normalized spacial score (nSPS) is 18.9. The molecule has 0 bridgehead atoms. The molecule has 212 valence electrons. The van der Waals surface area contributed by atoms with Crippen LogP contribution in [-0.4, -0.2) is 64.0 Å². The zero-order valence-electron chi connectivity index (χ0n) is 22.1. The highest BCUT2D eigenvalue weighted by Gasteiger charge is 2.37. The Morgan fingerprint density at radius 1 is 1.28 bits per heavy atom. The number of aromatic amines is 1. The molecule has 0 radical (unpaired) electrons. The first-order valence-electron chi connectivity index (χ1n) is 12.9. The van der Waals surface area contributed by atoms with E-state index in [2.05, 4.69) is 32.5 Å². The topological polar surface area (TPSA) is 146 Å². The van der Waals surface area contributed by atoms with E-state index in [0.29, 0.717) is 18.0 Å². The average Bonchev–Trinajstić information content (AvgIpc) is 3.47. The predicted molar refractivity (Wildman–Crippen MR) is 146 cm³/mol. The number of halogens is 3. The Morgan fingerprint density at radius 2 is 2.00 bits per heavy atom. The van der Waals surface area contributed by atoms with Gasteiger partial charge in [0.25, 0.3) is 0 Å². The Kier molecular flexibility index (Phi) is 8.39. The van der Waals surface area contributed by atoms with Gasteiger partial charge in [-0.15, -0.1) is 0 Å². The number of H-pyrrole nitrogens is 1. The molecule has 1 aliphatic carbocycles. The lowest BCUT2D eigenvalue weighted by atomic mass is 10.0. The van der Waals surface area contributed by atoms with E-state index in [1.165, 1.54) is 31.7 Å². The second-order valence-corrected chi connectivity index (χ2v) is 13.7. The van der Waals surface area contributed by atoms with Crippen LogP contribution in [0.3, 0.4) is 0 Å². The molecule has 3 aromatic rings. The highest BCUT2D eigenvalue weighted by atomic mass is 31.2. The van der Waals surface area contributed by atoms with Crippen molar-refractivity contribution in [1.29, 1.82) is 0 Å². The fraction of sp³-hybridized carbons (Fsp3) is 0.500. The van der Waals surface area contributed by atoms with Crippen LogP contribution < -0.4 is 21.7 Å². The molecule has 2 heterocycles. The third-order valence-corrected chi connectivity index (χ3v) is 8.62. The van der Waals surface area contributed by atoms with Gasteiger partial charge in [-0.2, -0.15) is 13.2 Å². The van der Waals surface area contributed by atoms with E-state index in [1.807, 2.05) is 0 Å². The summed E-state index contributed by atoms with van der Waals surface area (Å²) in [6, 6.07) is 3.27. The number of nitrogens with one attached hydrogen (secondary N) is 3. The second-order valence-electron chi connectivity index (χ2n) is 10.5. The molecule has 1 aromatic carbocycles. The van der Waals surface area contributed by atoms with Crippen molar-refractivity contribution in [2.45, 2.75) is 63.3 Å². The SMILES string of the molecule is CC(CCCN)N[C@H]1CC[C@H](Nc2ncc(C(F)(F)F)c(-c3c[nH]c4c(P(C)(C)=O)c(C(=O)O)ccc34)n2)C1. The van der Waals surface area contributed by atoms with E-state index < -0.39 is 24.9 Å². The van der Waals surface area contributed by atoms with Gasteiger partial charge in [0.05, 0.1) is 16.8 Å². The number of hydrogen-bond donors (Lipinski definition) is 5. The van der Waals surface area contributed by atoms with Crippen molar-refractivity contribution in [2.24, 2.45) is 5.73 Å². The number of carbonyl (C=O) groups is 1. The van der Waals surface area contributed by atoms with Crippen molar-refractivity contribution in [3.05, 3.63) is 35.7 Å². The van der Waals surface area contributed by atoms with Gasteiger partial charge in [-0.1, -0.05) is 6.07 Å². The van der Waals surface area contributed by atoms with Crippen molar-refractivity contribution in [3.63, 3.8) is 0 Å². The maximum atomic E-state index is 14.0. The molecule has 1 unspecified atom stereocenters. The van der Waals surface area contributed by atoms with E-state index in [9.17, 15) is 27.6 Å². The molecular weight excluding hydrogens is 532 g/mol. The molecule has 0 aliphatic heterocycles. The molecule has 39 heavy (non-hydrogen) atoms. The smallest absolute Gasteiger partial charge is 0.419 e. The zero-order valence-corrected chi connectivity index (χ0v) is 23.0. The number of rotatable bonds is 10. The van der Waals surface area contributed by atoms with Gasteiger partial charge in [-0.3, -0.25) is 0 Å². The molecule has 0 spiro atoms. The monoisotopic (exact) mass is 566 g/mol. The van der Waals surface area contributed by atoms with Crippen LogP contribution >= 0.6 is 7.14 Å². The van der Waals surface area contributed by atoms with Crippen LogP contribution in [0.5, 0.6) is 0 Å². The van der Waals surface area contributed by atoms with E-state index in [1.54, 1.807) is 0 Å². The van der Waals surface area contributed by atoms with Crippen LogP contribution in [-0.2, 0) is 10.7 Å². The summed E-state index contributed by atoms with van der Waals surface area (Å²) in [7, 11) is -3.12. The lowest BCUT2D eigenvalue weighted by Gasteiger charge is -2.20. The molecule has 1 aliphatic rings. The minimum absolute atomic E-state index is 0.00689. The van der Waals surface area contributed by atoms with Crippen LogP contribution in [0.2, 0.25) is 0 Å². The number of nitrogens with two attached hydrogens (primary N) is 1. The minimum atomic E-state index is -4.73. The van der Waals surface area contributed by atoms with Crippen LogP contribution in [0.15, 0.2) is 24.5 Å². The van der Waals surface area contributed by atoms with Crippen LogP contribution in [0.4, 0.5) is 19.1 Å². The fourth-order valence-corrected chi connectivity index (χ4v) is 6.81. The quantitative estimate of drug-likeness (QED) is 0.223. The molecule has 1 fully saturated rings. The van der Waals surface area contributed by atoms with Crippen LogP contribution in [0.25, 0.3) is 22.2 Å². The third-order valence-electron chi connectivity index (χ3n) is 7.07. The van der Waals surface area contributed by atoms with E-state index in [4.69, 9.17) is 5.73 Å². The zero-order chi connectivity index (χ0) is 28.5. The number of anilines is 1. The van der Waals surface area contributed by atoms with Crippen molar-refractivity contribution < 1.29 is 27.6 Å². The summed E-state index contributed by atoms with van der Waals surface area (Å²) >= 11 is 0. The molecule has 9 nitrogen and oxygen atoms in total. The van der Waals surface area contributed by atoms with Gasteiger partial charge in [-0.05, 0) is 65.0 Å². The molecule has 2 aromatic heterocycles. The van der Waals surface area contributed by atoms with Gasteiger partial charge in [0, 0.05) is 46.8 Å². The van der Waals surface area contributed by atoms with Crippen LogP contribution in [0.1, 0.15) is 54.9 Å². The average molecular weight is 567 g/mol. The van der Waals surface area contributed by atoms with Crippen molar-refractivity contribution >= 4 is 35.3 Å². The Bertz CT molecular complexity index is 1400. The molecule has 1 saturated carbocycles. The summed E-state index contributed by atoms with van der Waals surface area (Å²) in [6.07, 6.45) is 1.81. The fourth-order valence-electron chi connectivity index (χ4n) is 5.33. The molecule has 3 atom stereocenters. The van der Waals surface area contributed by atoms with Gasteiger partial charge in [0.2, 0.25) is 5.95 Å². The van der Waals surface area contributed by atoms with Crippen molar-refractivity contribution in [3.8, 4) is 11.3 Å². The standard InChI is InChI=1S/C26H34F3N6O3P/c1-14(5-4-10-30)33-15-6-7-16(11-15)34-25-32-13-20(26(27,28)29)21(35-25)19-12-31-22-17(19)8-9-18(24(36)37)23(22)39(2,3)38/h8-9,12-16,31,33H,4-7,10-11,30H2,1-3H3,(H,36,37)(H,32,34,35)/t14?,15-,16-/m0/s1. The van der Waals surface area contributed by atoms with Crippen LogP contribution in [0, 0.1) is 0 Å².